The zero-order valence-electron chi connectivity index (χ0n) is 16.2. The van der Waals surface area contributed by atoms with E-state index in [-0.39, 0.29) is 11.9 Å². The number of hydrogen-bond acceptors (Lipinski definition) is 6. The highest BCUT2D eigenvalue weighted by molar-refractivity contribution is 5.91. The van der Waals surface area contributed by atoms with Crippen molar-refractivity contribution >= 4 is 5.91 Å². The molecule has 1 aliphatic carbocycles. The standard InChI is InChI=1S/C20H24N6O3/c27-20(19-4-3-18(29-19)11-24-8-6-21-14-24)25-7-5-17(10-25)26-9-16(22-23-26)13-28-12-15-1-2-15/h3-4,6,8-9,14-15,17H,1-2,5,7,10-13H2. The van der Waals surface area contributed by atoms with E-state index in [4.69, 9.17) is 9.15 Å². The van der Waals surface area contributed by atoms with Crippen molar-refractivity contribution in [3.63, 3.8) is 0 Å². The SMILES string of the molecule is O=C(c1ccc(Cn2ccnc2)o1)N1CCC(n2cc(COCC3CC3)nn2)C1. The van der Waals surface area contributed by atoms with Gasteiger partial charge in [0, 0.05) is 32.1 Å². The van der Waals surface area contributed by atoms with Crippen molar-refractivity contribution < 1.29 is 13.9 Å². The van der Waals surface area contributed by atoms with Crippen LogP contribution in [0.1, 0.15) is 47.3 Å². The number of carbonyl (C=O) groups is 1. The molecule has 9 nitrogen and oxygen atoms in total. The van der Waals surface area contributed by atoms with Crippen molar-refractivity contribution in [1.29, 1.82) is 0 Å². The Morgan fingerprint density at radius 1 is 1.28 bits per heavy atom. The maximum Gasteiger partial charge on any atom is 0.289 e. The van der Waals surface area contributed by atoms with Crippen LogP contribution in [0.5, 0.6) is 0 Å². The van der Waals surface area contributed by atoms with Gasteiger partial charge in [0.15, 0.2) is 5.76 Å². The third-order valence-electron chi connectivity index (χ3n) is 5.45. The molecule has 4 heterocycles. The van der Waals surface area contributed by atoms with Crippen LogP contribution in [-0.2, 0) is 17.9 Å². The molecule has 1 aliphatic heterocycles. The summed E-state index contributed by atoms with van der Waals surface area (Å²) in [6.45, 7) is 3.14. The zero-order chi connectivity index (χ0) is 19.6. The van der Waals surface area contributed by atoms with E-state index in [0.29, 0.717) is 32.0 Å². The van der Waals surface area contributed by atoms with E-state index in [0.717, 1.165) is 30.4 Å². The van der Waals surface area contributed by atoms with Crippen LogP contribution in [0.3, 0.4) is 0 Å². The molecule has 5 rings (SSSR count). The average molecular weight is 396 g/mol. The van der Waals surface area contributed by atoms with E-state index in [1.807, 2.05) is 32.6 Å². The molecule has 2 fully saturated rings. The summed E-state index contributed by atoms with van der Waals surface area (Å²) in [7, 11) is 0. The molecular weight excluding hydrogens is 372 g/mol. The third-order valence-corrected chi connectivity index (χ3v) is 5.45. The highest BCUT2D eigenvalue weighted by Crippen LogP contribution is 2.29. The zero-order valence-corrected chi connectivity index (χ0v) is 16.2. The smallest absolute Gasteiger partial charge is 0.289 e. The number of furan rings is 1. The number of hydrogen-bond donors (Lipinski definition) is 0. The number of amides is 1. The third kappa shape index (κ3) is 4.24. The van der Waals surface area contributed by atoms with Gasteiger partial charge < -0.3 is 18.6 Å². The van der Waals surface area contributed by atoms with Gasteiger partial charge in [0.1, 0.15) is 11.5 Å². The minimum Gasteiger partial charge on any atom is -0.454 e. The number of nitrogens with zero attached hydrogens (tertiary/aromatic N) is 6. The molecule has 0 bridgehead atoms. The minimum absolute atomic E-state index is 0.0857. The fourth-order valence-corrected chi connectivity index (χ4v) is 3.61. The summed E-state index contributed by atoms with van der Waals surface area (Å²) in [5.74, 6) is 1.75. The van der Waals surface area contributed by atoms with E-state index >= 15 is 0 Å². The molecule has 3 aromatic rings. The lowest BCUT2D eigenvalue weighted by Crippen LogP contribution is -2.28. The van der Waals surface area contributed by atoms with E-state index in [1.54, 1.807) is 18.6 Å². The van der Waals surface area contributed by atoms with E-state index < -0.39 is 0 Å². The van der Waals surface area contributed by atoms with E-state index in [2.05, 4.69) is 15.3 Å². The lowest BCUT2D eigenvalue weighted by atomic mass is 10.3. The van der Waals surface area contributed by atoms with Crippen LogP contribution in [0.4, 0.5) is 0 Å². The Morgan fingerprint density at radius 3 is 3.03 bits per heavy atom. The normalized spacial score (nSPS) is 19.2. The van der Waals surface area contributed by atoms with Crippen LogP contribution in [0, 0.1) is 5.92 Å². The fourth-order valence-electron chi connectivity index (χ4n) is 3.61. The molecule has 29 heavy (non-hydrogen) atoms. The minimum atomic E-state index is -0.0857. The number of rotatable bonds is 8. The Bertz CT molecular complexity index is 959. The first-order chi connectivity index (χ1) is 14.2. The predicted octanol–water partition coefficient (Wildman–Crippen LogP) is 2.13. The highest BCUT2D eigenvalue weighted by Gasteiger charge is 2.30. The number of carbonyl (C=O) groups excluding carboxylic acids is 1. The van der Waals surface area contributed by atoms with Crippen molar-refractivity contribution in [3.05, 3.63) is 54.3 Å². The van der Waals surface area contributed by atoms with Crippen LogP contribution in [0.15, 0.2) is 41.5 Å². The first-order valence-electron chi connectivity index (χ1n) is 10.1. The van der Waals surface area contributed by atoms with Crippen LogP contribution < -0.4 is 0 Å². The van der Waals surface area contributed by atoms with Crippen molar-refractivity contribution in [2.75, 3.05) is 19.7 Å². The van der Waals surface area contributed by atoms with Gasteiger partial charge in [-0.2, -0.15) is 0 Å². The molecule has 1 unspecified atom stereocenters. The van der Waals surface area contributed by atoms with Crippen LogP contribution in [0.2, 0.25) is 0 Å². The summed E-state index contributed by atoms with van der Waals surface area (Å²) < 4.78 is 15.2. The Balaban J connectivity index is 1.15. The second-order valence-electron chi connectivity index (χ2n) is 7.84. The van der Waals surface area contributed by atoms with Crippen molar-refractivity contribution in [2.24, 2.45) is 5.92 Å². The molecule has 1 saturated carbocycles. The van der Waals surface area contributed by atoms with Crippen LogP contribution in [0.25, 0.3) is 0 Å². The molecule has 9 heteroatoms. The Hall–Kier alpha value is -2.94. The van der Waals surface area contributed by atoms with Gasteiger partial charge in [0.2, 0.25) is 0 Å². The molecule has 1 saturated heterocycles. The summed E-state index contributed by atoms with van der Waals surface area (Å²) in [5, 5.41) is 8.44. The predicted molar refractivity (Wildman–Crippen MR) is 102 cm³/mol. The van der Waals surface area contributed by atoms with Crippen LogP contribution >= 0.6 is 0 Å². The topological polar surface area (TPSA) is 91.2 Å². The molecule has 0 radical (unpaired) electrons. The van der Waals surface area contributed by atoms with E-state index in [9.17, 15) is 4.79 Å². The van der Waals surface area contributed by atoms with Gasteiger partial charge >= 0.3 is 0 Å². The molecule has 0 aromatic carbocycles. The van der Waals surface area contributed by atoms with Gasteiger partial charge in [-0.3, -0.25) is 4.79 Å². The Labute approximate surface area is 168 Å². The Morgan fingerprint density at radius 2 is 2.21 bits per heavy atom. The summed E-state index contributed by atoms with van der Waals surface area (Å²) in [6, 6.07) is 3.71. The summed E-state index contributed by atoms with van der Waals surface area (Å²) in [6.07, 6.45) is 10.6. The monoisotopic (exact) mass is 396 g/mol. The summed E-state index contributed by atoms with van der Waals surface area (Å²) in [4.78, 5) is 18.6. The Kier molecular flexibility index (Phi) is 4.89. The molecule has 0 spiro atoms. The molecule has 2 aliphatic rings. The van der Waals surface area contributed by atoms with Gasteiger partial charge in [0.25, 0.3) is 5.91 Å². The second kappa shape index (κ2) is 7.82. The first-order valence-corrected chi connectivity index (χ1v) is 10.1. The summed E-state index contributed by atoms with van der Waals surface area (Å²) >= 11 is 0. The fraction of sp³-hybridized carbons (Fsp3) is 0.500. The highest BCUT2D eigenvalue weighted by atomic mass is 16.5. The number of imidazole rings is 1. The maximum atomic E-state index is 12.8. The first kappa shape index (κ1) is 18.1. The van der Waals surface area contributed by atoms with Crippen LogP contribution in [-0.4, -0.2) is 55.0 Å². The average Bonchev–Trinajstić information content (AvgIpc) is 3.24. The molecule has 1 amide bonds. The molecule has 152 valence electrons. The van der Waals surface area contributed by atoms with Gasteiger partial charge in [0.05, 0.1) is 31.7 Å². The lowest BCUT2D eigenvalue weighted by Gasteiger charge is -2.15. The maximum absolute atomic E-state index is 12.8. The van der Waals surface area contributed by atoms with Gasteiger partial charge in [-0.05, 0) is 37.3 Å². The largest absolute Gasteiger partial charge is 0.454 e. The van der Waals surface area contributed by atoms with E-state index in [1.165, 1.54) is 12.8 Å². The van der Waals surface area contributed by atoms with Crippen molar-refractivity contribution in [3.8, 4) is 0 Å². The van der Waals surface area contributed by atoms with Crippen molar-refractivity contribution in [2.45, 2.75) is 38.5 Å². The molecular formula is C20H24N6O3. The molecule has 3 aromatic heterocycles. The molecule has 0 N–H and O–H groups in total. The number of aromatic nitrogens is 5. The van der Waals surface area contributed by atoms with Crippen molar-refractivity contribution in [1.82, 2.24) is 29.4 Å². The summed E-state index contributed by atoms with van der Waals surface area (Å²) in [5.41, 5.74) is 0.839. The van der Waals surface area contributed by atoms with Gasteiger partial charge in [-0.1, -0.05) is 5.21 Å². The quantitative estimate of drug-likeness (QED) is 0.579. The number of likely N-dealkylation sites (tertiary alicyclic amines) is 1. The second-order valence-corrected chi connectivity index (χ2v) is 7.84. The van der Waals surface area contributed by atoms with Gasteiger partial charge in [-0.25, -0.2) is 9.67 Å². The lowest BCUT2D eigenvalue weighted by molar-refractivity contribution is 0.0753. The number of ether oxygens (including phenoxy) is 1. The molecule has 1 atom stereocenters. The van der Waals surface area contributed by atoms with Gasteiger partial charge in [-0.15, -0.1) is 5.10 Å².